The van der Waals surface area contributed by atoms with Crippen molar-refractivity contribution >= 4 is 5.91 Å². The molecule has 1 aromatic carbocycles. The Hall–Kier alpha value is -2.60. The van der Waals surface area contributed by atoms with Crippen LogP contribution in [-0.2, 0) is 11.3 Å². The van der Waals surface area contributed by atoms with Crippen molar-refractivity contribution < 1.29 is 14.3 Å². The molecule has 0 radical (unpaired) electrons. The highest BCUT2D eigenvalue weighted by Crippen LogP contribution is 2.34. The van der Waals surface area contributed by atoms with Crippen LogP contribution in [0.25, 0.3) is 0 Å². The number of aromatic nitrogens is 1. The molecule has 0 aliphatic carbocycles. The maximum absolute atomic E-state index is 11.6. The first kappa shape index (κ1) is 16.6. The lowest BCUT2D eigenvalue weighted by atomic mass is 9.97. The summed E-state index contributed by atoms with van der Waals surface area (Å²) < 4.78 is 11.7. The summed E-state index contributed by atoms with van der Waals surface area (Å²) in [6, 6.07) is 12.3. The fraction of sp³-hybridized carbons (Fsp3) is 0.429. The minimum absolute atomic E-state index is 0.0185. The Morgan fingerprint density at radius 3 is 2.93 bits per heavy atom. The molecular formula is C21H23N3O3. The number of fused-ring (bicyclic) bond motifs is 1. The zero-order valence-electron chi connectivity index (χ0n) is 15.2. The molecule has 1 spiro atoms. The molecule has 6 heteroatoms. The van der Waals surface area contributed by atoms with Gasteiger partial charge in [-0.1, -0.05) is 24.3 Å². The molecule has 4 heterocycles. The van der Waals surface area contributed by atoms with Gasteiger partial charge in [-0.05, 0) is 36.1 Å². The molecule has 1 aromatic heterocycles. The van der Waals surface area contributed by atoms with Crippen molar-refractivity contribution in [3.05, 3.63) is 53.7 Å². The number of carbonyl (C=O) groups is 1. The van der Waals surface area contributed by atoms with E-state index in [4.69, 9.17) is 9.47 Å². The van der Waals surface area contributed by atoms with Crippen molar-refractivity contribution in [1.29, 1.82) is 0 Å². The van der Waals surface area contributed by atoms with Crippen molar-refractivity contribution in [2.24, 2.45) is 0 Å². The van der Waals surface area contributed by atoms with Crippen LogP contribution in [0.2, 0.25) is 0 Å². The summed E-state index contributed by atoms with van der Waals surface area (Å²) in [7, 11) is 0. The minimum Gasteiger partial charge on any atom is -0.484 e. The third-order valence-electron chi connectivity index (χ3n) is 5.81. The number of rotatable bonds is 3. The molecule has 1 amide bonds. The molecule has 3 aliphatic rings. The highest BCUT2D eigenvalue weighted by molar-refractivity contribution is 5.79. The van der Waals surface area contributed by atoms with E-state index in [1.807, 2.05) is 12.1 Å². The highest BCUT2D eigenvalue weighted by Gasteiger charge is 2.42. The molecule has 3 aliphatic heterocycles. The van der Waals surface area contributed by atoms with E-state index >= 15 is 0 Å². The standard InChI is InChI=1S/C21H23N3O3/c25-19-7-8-21(23-19)9-11-24(14-21)12-15-3-5-16(6-4-15)18-13-26-17-2-1-10-22-20(17)27-18/h1-6,10,18H,7-9,11-14H2,(H,23,25). The Morgan fingerprint density at radius 1 is 1.22 bits per heavy atom. The molecule has 2 aromatic rings. The van der Waals surface area contributed by atoms with Gasteiger partial charge in [0.25, 0.3) is 5.88 Å². The number of likely N-dealkylation sites (tertiary alicyclic amines) is 1. The summed E-state index contributed by atoms with van der Waals surface area (Å²) >= 11 is 0. The summed E-state index contributed by atoms with van der Waals surface area (Å²) in [5.74, 6) is 1.46. The first-order chi connectivity index (χ1) is 13.2. The molecule has 27 heavy (non-hydrogen) atoms. The second-order valence-corrected chi connectivity index (χ2v) is 7.75. The van der Waals surface area contributed by atoms with Crippen LogP contribution in [0.5, 0.6) is 11.6 Å². The molecular weight excluding hydrogens is 342 g/mol. The van der Waals surface area contributed by atoms with Crippen molar-refractivity contribution in [2.75, 3.05) is 19.7 Å². The predicted octanol–water partition coefficient (Wildman–Crippen LogP) is 2.45. The van der Waals surface area contributed by atoms with Gasteiger partial charge in [0.1, 0.15) is 6.61 Å². The first-order valence-electron chi connectivity index (χ1n) is 9.56. The Kier molecular flexibility index (Phi) is 4.01. The topological polar surface area (TPSA) is 63.7 Å². The molecule has 0 bridgehead atoms. The molecule has 1 N–H and O–H groups in total. The molecule has 2 unspecified atom stereocenters. The van der Waals surface area contributed by atoms with Gasteiger partial charge in [-0.15, -0.1) is 0 Å². The average molecular weight is 365 g/mol. The van der Waals surface area contributed by atoms with Gasteiger partial charge in [0.2, 0.25) is 5.91 Å². The lowest BCUT2D eigenvalue weighted by Gasteiger charge is -2.26. The zero-order valence-corrected chi connectivity index (χ0v) is 15.2. The molecule has 2 saturated heterocycles. The Bertz CT molecular complexity index is 854. The number of benzene rings is 1. The summed E-state index contributed by atoms with van der Waals surface area (Å²) in [6.45, 7) is 3.38. The molecule has 2 fully saturated rings. The lowest BCUT2D eigenvalue weighted by molar-refractivity contribution is -0.119. The smallest absolute Gasteiger partial charge is 0.257 e. The molecule has 6 nitrogen and oxygen atoms in total. The summed E-state index contributed by atoms with van der Waals surface area (Å²) in [4.78, 5) is 18.2. The number of hydrogen-bond donors (Lipinski definition) is 1. The summed E-state index contributed by atoms with van der Waals surface area (Å²) in [5, 5.41) is 3.19. The summed E-state index contributed by atoms with van der Waals surface area (Å²) in [5.41, 5.74) is 2.39. The van der Waals surface area contributed by atoms with Gasteiger partial charge in [0.05, 0.1) is 5.54 Å². The quantitative estimate of drug-likeness (QED) is 0.905. The van der Waals surface area contributed by atoms with Crippen molar-refractivity contribution in [3.8, 4) is 11.6 Å². The van der Waals surface area contributed by atoms with Gasteiger partial charge < -0.3 is 14.8 Å². The van der Waals surface area contributed by atoms with Crippen LogP contribution in [0.4, 0.5) is 0 Å². The van der Waals surface area contributed by atoms with Gasteiger partial charge >= 0.3 is 0 Å². The second-order valence-electron chi connectivity index (χ2n) is 7.75. The van der Waals surface area contributed by atoms with E-state index in [2.05, 4.69) is 39.5 Å². The number of ether oxygens (including phenoxy) is 2. The van der Waals surface area contributed by atoms with E-state index in [-0.39, 0.29) is 17.6 Å². The van der Waals surface area contributed by atoms with Gasteiger partial charge in [0, 0.05) is 32.3 Å². The van der Waals surface area contributed by atoms with Crippen LogP contribution in [0.15, 0.2) is 42.6 Å². The van der Waals surface area contributed by atoms with Crippen molar-refractivity contribution in [3.63, 3.8) is 0 Å². The van der Waals surface area contributed by atoms with E-state index in [9.17, 15) is 4.79 Å². The fourth-order valence-corrected chi connectivity index (χ4v) is 4.34. The van der Waals surface area contributed by atoms with Crippen LogP contribution in [-0.4, -0.2) is 41.0 Å². The van der Waals surface area contributed by atoms with E-state index in [1.165, 1.54) is 5.56 Å². The Balaban J connectivity index is 1.22. The van der Waals surface area contributed by atoms with Crippen LogP contribution in [0.3, 0.4) is 0 Å². The fourth-order valence-electron chi connectivity index (χ4n) is 4.34. The predicted molar refractivity (Wildman–Crippen MR) is 99.5 cm³/mol. The molecule has 140 valence electrons. The number of nitrogens with one attached hydrogen (secondary N) is 1. The van der Waals surface area contributed by atoms with Crippen LogP contribution < -0.4 is 14.8 Å². The maximum atomic E-state index is 11.6. The number of carbonyl (C=O) groups excluding carboxylic acids is 1. The van der Waals surface area contributed by atoms with Crippen LogP contribution in [0.1, 0.15) is 36.5 Å². The monoisotopic (exact) mass is 365 g/mol. The number of pyridine rings is 1. The SMILES string of the molecule is O=C1CCC2(CCN(Cc3ccc(C4COc5cccnc5O4)cc3)C2)N1. The first-order valence-corrected chi connectivity index (χ1v) is 9.56. The molecule has 5 rings (SSSR count). The summed E-state index contributed by atoms with van der Waals surface area (Å²) in [6.07, 6.45) is 4.27. The Labute approximate surface area is 158 Å². The van der Waals surface area contributed by atoms with Crippen molar-refractivity contribution in [1.82, 2.24) is 15.2 Å². The molecule has 2 atom stereocenters. The third kappa shape index (κ3) is 3.25. The maximum Gasteiger partial charge on any atom is 0.257 e. The van der Waals surface area contributed by atoms with Gasteiger partial charge in [-0.3, -0.25) is 9.69 Å². The van der Waals surface area contributed by atoms with E-state index in [0.29, 0.717) is 24.7 Å². The van der Waals surface area contributed by atoms with Crippen LogP contribution in [0, 0.1) is 0 Å². The lowest BCUT2D eigenvalue weighted by Crippen LogP contribution is -2.43. The minimum atomic E-state index is -0.134. The van der Waals surface area contributed by atoms with Gasteiger partial charge in [-0.2, -0.15) is 0 Å². The number of amides is 1. The van der Waals surface area contributed by atoms with E-state index in [0.717, 1.165) is 38.0 Å². The third-order valence-corrected chi connectivity index (χ3v) is 5.81. The highest BCUT2D eigenvalue weighted by atomic mass is 16.6. The van der Waals surface area contributed by atoms with E-state index < -0.39 is 0 Å². The van der Waals surface area contributed by atoms with E-state index in [1.54, 1.807) is 6.20 Å². The normalized spacial score (nSPS) is 27.1. The number of hydrogen-bond acceptors (Lipinski definition) is 5. The van der Waals surface area contributed by atoms with Gasteiger partial charge in [0.15, 0.2) is 11.9 Å². The Morgan fingerprint density at radius 2 is 2.11 bits per heavy atom. The van der Waals surface area contributed by atoms with Gasteiger partial charge in [-0.25, -0.2) is 4.98 Å². The number of nitrogens with zero attached hydrogens (tertiary/aromatic N) is 2. The van der Waals surface area contributed by atoms with Crippen LogP contribution >= 0.6 is 0 Å². The largest absolute Gasteiger partial charge is 0.484 e. The average Bonchev–Trinajstić information content (AvgIpc) is 3.27. The van der Waals surface area contributed by atoms with Crippen molar-refractivity contribution in [2.45, 2.75) is 37.5 Å². The molecule has 0 saturated carbocycles. The second kappa shape index (κ2) is 6.53. The zero-order chi connectivity index (χ0) is 18.3.